The summed E-state index contributed by atoms with van der Waals surface area (Å²) < 4.78 is 0. The Balaban J connectivity index is 2.15. The number of aromatic nitrogens is 1. The second-order valence-electron chi connectivity index (χ2n) is 3.70. The lowest BCUT2D eigenvalue weighted by Gasteiger charge is -2.19. The summed E-state index contributed by atoms with van der Waals surface area (Å²) in [6.07, 6.45) is 4.25. The van der Waals surface area contributed by atoms with Crippen LogP contribution >= 0.6 is 11.3 Å². The minimum atomic E-state index is 1.09. The molecule has 1 aromatic heterocycles. The Bertz CT molecular complexity index is 462. The highest BCUT2D eigenvalue weighted by Crippen LogP contribution is 2.33. The molecule has 0 unspecified atom stereocenters. The van der Waals surface area contributed by atoms with E-state index in [1.807, 2.05) is 11.6 Å². The fraction of sp³-hybridized carbons (Fsp3) is 0.250. The van der Waals surface area contributed by atoms with Crippen molar-refractivity contribution in [3.05, 3.63) is 35.3 Å². The van der Waals surface area contributed by atoms with Gasteiger partial charge in [-0.3, -0.25) is 0 Å². The third kappa shape index (κ3) is 1.53. The van der Waals surface area contributed by atoms with Gasteiger partial charge in [-0.05, 0) is 24.5 Å². The molecular formula is C12H12N2S. The van der Waals surface area contributed by atoms with E-state index in [1.165, 1.54) is 23.2 Å². The molecule has 0 aliphatic carbocycles. The van der Waals surface area contributed by atoms with Gasteiger partial charge in [-0.1, -0.05) is 12.1 Å². The minimum absolute atomic E-state index is 1.09. The predicted molar refractivity (Wildman–Crippen MR) is 64.4 cm³/mol. The van der Waals surface area contributed by atoms with Gasteiger partial charge in [0.15, 0.2) is 0 Å². The molecule has 2 aromatic rings. The van der Waals surface area contributed by atoms with Crippen LogP contribution < -0.4 is 5.32 Å². The number of thiazole rings is 1. The Kier molecular flexibility index (Phi) is 2.18. The Morgan fingerprint density at radius 2 is 2.33 bits per heavy atom. The topological polar surface area (TPSA) is 24.9 Å². The number of fused-ring (bicyclic) bond motifs is 1. The van der Waals surface area contributed by atoms with Crippen LogP contribution in [-0.4, -0.2) is 11.5 Å². The number of anilines is 1. The zero-order chi connectivity index (χ0) is 10.1. The molecule has 0 spiro atoms. The molecule has 15 heavy (non-hydrogen) atoms. The third-order valence-electron chi connectivity index (χ3n) is 2.76. The second-order valence-corrected chi connectivity index (χ2v) is 4.59. The highest BCUT2D eigenvalue weighted by atomic mass is 32.1. The van der Waals surface area contributed by atoms with Crippen molar-refractivity contribution < 1.29 is 0 Å². The molecule has 2 heterocycles. The molecule has 0 amide bonds. The van der Waals surface area contributed by atoms with Gasteiger partial charge in [0, 0.05) is 29.4 Å². The number of hydrogen-bond acceptors (Lipinski definition) is 3. The average molecular weight is 216 g/mol. The van der Waals surface area contributed by atoms with Crippen molar-refractivity contribution in [2.24, 2.45) is 0 Å². The van der Waals surface area contributed by atoms with E-state index in [9.17, 15) is 0 Å². The minimum Gasteiger partial charge on any atom is -0.385 e. The van der Waals surface area contributed by atoms with Crippen molar-refractivity contribution in [1.29, 1.82) is 0 Å². The van der Waals surface area contributed by atoms with Crippen molar-refractivity contribution in [3.8, 4) is 10.6 Å². The number of hydrogen-bond donors (Lipinski definition) is 1. The summed E-state index contributed by atoms with van der Waals surface area (Å²) in [5.74, 6) is 0. The number of benzene rings is 1. The number of nitrogens with one attached hydrogen (secondary N) is 1. The normalized spacial score (nSPS) is 14.4. The Labute approximate surface area is 93.0 Å². The van der Waals surface area contributed by atoms with E-state index < -0.39 is 0 Å². The van der Waals surface area contributed by atoms with Crippen LogP contribution in [0.25, 0.3) is 10.6 Å². The van der Waals surface area contributed by atoms with Gasteiger partial charge in [-0.25, -0.2) is 4.98 Å². The monoisotopic (exact) mass is 216 g/mol. The molecule has 3 rings (SSSR count). The van der Waals surface area contributed by atoms with Gasteiger partial charge in [-0.15, -0.1) is 11.3 Å². The van der Waals surface area contributed by atoms with Crippen molar-refractivity contribution in [3.63, 3.8) is 0 Å². The molecule has 1 aliphatic rings. The summed E-state index contributed by atoms with van der Waals surface area (Å²) in [7, 11) is 0. The van der Waals surface area contributed by atoms with E-state index in [-0.39, 0.29) is 0 Å². The molecule has 3 heteroatoms. The Morgan fingerprint density at radius 1 is 1.33 bits per heavy atom. The van der Waals surface area contributed by atoms with Crippen molar-refractivity contribution in [1.82, 2.24) is 4.98 Å². The summed E-state index contributed by atoms with van der Waals surface area (Å²) in [5.41, 5.74) is 4.02. The van der Waals surface area contributed by atoms with Crippen LogP contribution in [-0.2, 0) is 6.42 Å². The van der Waals surface area contributed by atoms with Crippen LogP contribution in [0.1, 0.15) is 12.0 Å². The molecule has 0 fully saturated rings. The van der Waals surface area contributed by atoms with E-state index in [2.05, 4.69) is 28.5 Å². The SMILES string of the molecule is c1cc2c(c(-c3nccs3)c1)CCCN2. The fourth-order valence-electron chi connectivity index (χ4n) is 2.07. The van der Waals surface area contributed by atoms with Crippen molar-refractivity contribution >= 4 is 17.0 Å². The third-order valence-corrected chi connectivity index (χ3v) is 3.56. The molecule has 0 radical (unpaired) electrons. The average Bonchev–Trinajstić information content (AvgIpc) is 2.82. The first-order valence-electron chi connectivity index (χ1n) is 5.21. The number of nitrogens with zero attached hydrogens (tertiary/aromatic N) is 1. The summed E-state index contributed by atoms with van der Waals surface area (Å²) in [6, 6.07) is 6.43. The summed E-state index contributed by atoms with van der Waals surface area (Å²) in [5, 5.41) is 6.61. The van der Waals surface area contributed by atoms with Crippen molar-refractivity contribution in [2.75, 3.05) is 11.9 Å². The van der Waals surface area contributed by atoms with Gasteiger partial charge < -0.3 is 5.32 Å². The molecule has 0 bridgehead atoms. The van der Waals surface area contributed by atoms with E-state index in [0.29, 0.717) is 0 Å². The lowest BCUT2D eigenvalue weighted by Crippen LogP contribution is -2.12. The van der Waals surface area contributed by atoms with Crippen LogP contribution in [0.5, 0.6) is 0 Å². The summed E-state index contributed by atoms with van der Waals surface area (Å²) in [6.45, 7) is 1.09. The highest BCUT2D eigenvalue weighted by molar-refractivity contribution is 7.13. The largest absolute Gasteiger partial charge is 0.385 e. The zero-order valence-electron chi connectivity index (χ0n) is 8.36. The molecule has 0 saturated heterocycles. The van der Waals surface area contributed by atoms with Gasteiger partial charge in [0.2, 0.25) is 0 Å². The maximum absolute atomic E-state index is 4.39. The van der Waals surface area contributed by atoms with Crippen LogP contribution in [0.4, 0.5) is 5.69 Å². The summed E-state index contributed by atoms with van der Waals surface area (Å²) >= 11 is 1.71. The molecule has 2 nitrogen and oxygen atoms in total. The molecule has 0 atom stereocenters. The Morgan fingerprint density at radius 3 is 3.20 bits per heavy atom. The van der Waals surface area contributed by atoms with Gasteiger partial charge in [0.1, 0.15) is 5.01 Å². The molecular weight excluding hydrogens is 204 g/mol. The van der Waals surface area contributed by atoms with Crippen LogP contribution in [0.2, 0.25) is 0 Å². The predicted octanol–water partition coefficient (Wildman–Crippen LogP) is 3.17. The van der Waals surface area contributed by atoms with Crippen LogP contribution in [0.3, 0.4) is 0 Å². The van der Waals surface area contributed by atoms with Crippen LogP contribution in [0, 0.1) is 0 Å². The lowest BCUT2D eigenvalue weighted by atomic mass is 9.98. The van der Waals surface area contributed by atoms with Gasteiger partial charge in [0.25, 0.3) is 0 Å². The van der Waals surface area contributed by atoms with E-state index in [0.717, 1.165) is 18.0 Å². The smallest absolute Gasteiger partial charge is 0.123 e. The van der Waals surface area contributed by atoms with Gasteiger partial charge >= 0.3 is 0 Å². The maximum Gasteiger partial charge on any atom is 0.123 e. The molecule has 76 valence electrons. The van der Waals surface area contributed by atoms with Gasteiger partial charge in [0.05, 0.1) is 0 Å². The molecule has 1 aliphatic heterocycles. The standard InChI is InChI=1S/C12H12N2S/c1-3-10(12-14-7-8-15-12)9-4-2-6-13-11(9)5-1/h1,3,5,7-8,13H,2,4,6H2. The first-order chi connectivity index (χ1) is 7.45. The zero-order valence-corrected chi connectivity index (χ0v) is 9.18. The first-order valence-corrected chi connectivity index (χ1v) is 6.09. The fourth-order valence-corrected chi connectivity index (χ4v) is 2.76. The second kappa shape index (κ2) is 3.66. The highest BCUT2D eigenvalue weighted by Gasteiger charge is 2.14. The summed E-state index contributed by atoms with van der Waals surface area (Å²) in [4.78, 5) is 4.39. The molecule has 1 N–H and O–H groups in total. The lowest BCUT2D eigenvalue weighted by molar-refractivity contribution is 0.832. The molecule has 1 aromatic carbocycles. The van der Waals surface area contributed by atoms with Gasteiger partial charge in [-0.2, -0.15) is 0 Å². The first kappa shape index (κ1) is 8.92. The van der Waals surface area contributed by atoms with Crippen LogP contribution in [0.15, 0.2) is 29.8 Å². The number of rotatable bonds is 1. The van der Waals surface area contributed by atoms with E-state index in [1.54, 1.807) is 11.3 Å². The Hall–Kier alpha value is -1.35. The van der Waals surface area contributed by atoms with E-state index >= 15 is 0 Å². The quantitative estimate of drug-likeness (QED) is 0.792. The van der Waals surface area contributed by atoms with E-state index in [4.69, 9.17) is 0 Å². The molecule has 0 saturated carbocycles. The maximum atomic E-state index is 4.39. The van der Waals surface area contributed by atoms with Crippen molar-refractivity contribution in [2.45, 2.75) is 12.8 Å².